The lowest BCUT2D eigenvalue weighted by Crippen LogP contribution is -1.84. The molecule has 3 aromatic rings. The first-order valence-electron chi connectivity index (χ1n) is 5.41. The van der Waals surface area contributed by atoms with Crippen molar-refractivity contribution in [2.45, 2.75) is 0 Å². The molecule has 0 aliphatic carbocycles. The number of allylic oxidation sites excluding steroid dienone is 1. The van der Waals surface area contributed by atoms with Gasteiger partial charge in [0.05, 0.1) is 16.6 Å². The monoisotopic (exact) mass is 250 g/mol. The van der Waals surface area contributed by atoms with Gasteiger partial charge >= 0.3 is 0 Å². The van der Waals surface area contributed by atoms with Crippen LogP contribution in [0.4, 0.5) is 5.69 Å². The van der Waals surface area contributed by atoms with Crippen LogP contribution in [0.5, 0.6) is 0 Å². The smallest absolute Gasteiger partial charge is 0.145 e. The van der Waals surface area contributed by atoms with Crippen LogP contribution in [0.25, 0.3) is 27.5 Å². The summed E-state index contributed by atoms with van der Waals surface area (Å²) in [5, 5.41) is 0. The Morgan fingerprint density at radius 3 is 3.17 bits per heavy atom. The molecule has 18 heavy (non-hydrogen) atoms. The Kier molecular flexibility index (Phi) is 1.91. The molecule has 84 valence electrons. The van der Waals surface area contributed by atoms with Gasteiger partial charge in [-0.2, -0.15) is 0 Å². The van der Waals surface area contributed by atoms with Crippen LogP contribution in [0.1, 0.15) is 4.88 Å². The van der Waals surface area contributed by atoms with Crippen LogP contribution in [-0.2, 0) is 0 Å². The van der Waals surface area contributed by atoms with Crippen molar-refractivity contribution in [3.8, 4) is 0 Å². The van der Waals surface area contributed by atoms with Crippen LogP contribution >= 0.6 is 11.3 Å². The summed E-state index contributed by atoms with van der Waals surface area (Å²) >= 11 is 1.58. The van der Waals surface area contributed by atoms with E-state index in [4.69, 9.17) is 0 Å². The van der Waals surface area contributed by atoms with Crippen molar-refractivity contribution in [2.75, 3.05) is 0 Å². The largest absolute Gasteiger partial charge is 0.262 e. The molecule has 0 unspecified atom stereocenters. The second-order valence-corrected chi connectivity index (χ2v) is 4.84. The molecule has 0 atom stereocenters. The highest BCUT2D eigenvalue weighted by atomic mass is 32.1. The Morgan fingerprint density at radius 1 is 1.17 bits per heavy atom. The van der Waals surface area contributed by atoms with Crippen LogP contribution in [0.3, 0.4) is 0 Å². The van der Waals surface area contributed by atoms with Gasteiger partial charge < -0.3 is 0 Å². The minimum absolute atomic E-state index is 0.794. The lowest BCUT2D eigenvalue weighted by Gasteiger charge is -1.96. The van der Waals surface area contributed by atoms with Crippen molar-refractivity contribution < 1.29 is 0 Å². The minimum atomic E-state index is 0.794. The summed E-state index contributed by atoms with van der Waals surface area (Å²) in [7, 11) is 0. The van der Waals surface area contributed by atoms with Gasteiger partial charge in [0.25, 0.3) is 0 Å². The number of hydrogen-bond acceptors (Lipinski definition) is 5. The molecule has 5 heteroatoms. The Bertz CT molecular complexity index is 869. The maximum atomic E-state index is 4.60. The molecule has 1 aliphatic heterocycles. The first-order valence-corrected chi connectivity index (χ1v) is 6.23. The van der Waals surface area contributed by atoms with Crippen LogP contribution in [0.2, 0.25) is 0 Å². The lowest BCUT2D eigenvalue weighted by atomic mass is 10.3. The predicted octanol–water partition coefficient (Wildman–Crippen LogP) is 3.12. The van der Waals surface area contributed by atoms with E-state index in [0.717, 1.165) is 31.9 Å². The molecule has 3 aromatic heterocycles. The van der Waals surface area contributed by atoms with Gasteiger partial charge in [0.15, 0.2) is 0 Å². The van der Waals surface area contributed by atoms with Crippen LogP contribution < -0.4 is 0 Å². The van der Waals surface area contributed by atoms with Gasteiger partial charge in [0.2, 0.25) is 0 Å². The van der Waals surface area contributed by atoms with Gasteiger partial charge in [-0.15, -0.1) is 17.1 Å². The molecule has 0 spiro atoms. The zero-order valence-electron chi connectivity index (χ0n) is 9.16. The molecule has 0 saturated heterocycles. The van der Waals surface area contributed by atoms with E-state index >= 15 is 0 Å². The van der Waals surface area contributed by atoms with Crippen molar-refractivity contribution in [3.05, 3.63) is 35.1 Å². The molecule has 0 saturated carbocycles. The van der Waals surface area contributed by atoms with Crippen molar-refractivity contribution in [2.24, 2.45) is 4.99 Å². The SMILES string of the molecule is C1=CC=Nc2c(sc3nc4ccncc4nc23)C=1. The number of fused-ring (bicyclic) bond motifs is 4. The van der Waals surface area contributed by atoms with E-state index in [0.29, 0.717) is 0 Å². The third-order valence-electron chi connectivity index (χ3n) is 2.69. The van der Waals surface area contributed by atoms with E-state index in [-0.39, 0.29) is 0 Å². The van der Waals surface area contributed by atoms with Gasteiger partial charge in [0, 0.05) is 12.4 Å². The second-order valence-electron chi connectivity index (χ2n) is 3.81. The van der Waals surface area contributed by atoms with Gasteiger partial charge in [-0.25, -0.2) is 9.97 Å². The molecule has 4 nitrogen and oxygen atoms in total. The fourth-order valence-corrected chi connectivity index (χ4v) is 2.85. The van der Waals surface area contributed by atoms with Gasteiger partial charge in [-0.1, -0.05) is 0 Å². The van der Waals surface area contributed by atoms with Crippen molar-refractivity contribution >= 4 is 50.7 Å². The molecule has 0 fully saturated rings. The molecule has 0 N–H and O–H groups in total. The van der Waals surface area contributed by atoms with E-state index in [1.165, 1.54) is 0 Å². The Morgan fingerprint density at radius 2 is 2.17 bits per heavy atom. The van der Waals surface area contributed by atoms with E-state index in [1.807, 2.05) is 12.1 Å². The van der Waals surface area contributed by atoms with E-state index in [9.17, 15) is 0 Å². The summed E-state index contributed by atoms with van der Waals surface area (Å²) < 4.78 is 0. The number of aromatic nitrogens is 3. The zero-order chi connectivity index (χ0) is 11.9. The van der Waals surface area contributed by atoms with Crippen LogP contribution in [-0.4, -0.2) is 21.2 Å². The highest BCUT2D eigenvalue weighted by molar-refractivity contribution is 7.20. The molecular formula is C13H6N4S. The predicted molar refractivity (Wildman–Crippen MR) is 73.4 cm³/mol. The molecule has 0 aromatic carbocycles. The highest BCUT2D eigenvalue weighted by Gasteiger charge is 2.13. The maximum Gasteiger partial charge on any atom is 0.145 e. The topological polar surface area (TPSA) is 51.0 Å². The molecule has 0 amide bonds. The summed E-state index contributed by atoms with van der Waals surface area (Å²) in [5.41, 5.74) is 6.40. The molecule has 1 aliphatic rings. The van der Waals surface area contributed by atoms with Crippen LogP contribution in [0.15, 0.2) is 35.3 Å². The summed E-state index contributed by atoms with van der Waals surface area (Å²) in [5.74, 6) is 0. The van der Waals surface area contributed by atoms with Gasteiger partial charge in [-0.3, -0.25) is 9.98 Å². The molecule has 4 rings (SSSR count). The average Bonchev–Trinajstić information content (AvgIpc) is 2.59. The molecule has 0 radical (unpaired) electrons. The van der Waals surface area contributed by atoms with Crippen molar-refractivity contribution in [1.29, 1.82) is 0 Å². The second kappa shape index (κ2) is 3.57. The fourth-order valence-electron chi connectivity index (χ4n) is 1.89. The number of pyridine rings is 1. The number of hydrogen-bond donors (Lipinski definition) is 0. The van der Waals surface area contributed by atoms with E-state index < -0.39 is 0 Å². The number of rotatable bonds is 0. The number of nitrogens with zero attached hydrogens (tertiary/aromatic N) is 4. The molecule has 0 bridgehead atoms. The van der Waals surface area contributed by atoms with E-state index in [1.54, 1.807) is 36.0 Å². The third-order valence-corrected chi connectivity index (χ3v) is 3.70. The minimum Gasteiger partial charge on any atom is -0.262 e. The van der Waals surface area contributed by atoms with Gasteiger partial charge in [-0.05, 0) is 18.2 Å². The number of thiophene rings is 1. The Labute approximate surface area is 106 Å². The normalized spacial score (nSPS) is 13.1. The maximum absolute atomic E-state index is 4.60. The molecule has 4 heterocycles. The fraction of sp³-hybridized carbons (Fsp3) is 0. The molecular weight excluding hydrogens is 244 g/mol. The first kappa shape index (κ1) is 9.65. The zero-order valence-corrected chi connectivity index (χ0v) is 9.98. The van der Waals surface area contributed by atoms with Crippen LogP contribution in [0, 0.1) is 0 Å². The quantitative estimate of drug-likeness (QED) is 0.576. The first-order chi connectivity index (χ1) is 8.92. The summed E-state index contributed by atoms with van der Waals surface area (Å²) in [6.45, 7) is 0. The summed E-state index contributed by atoms with van der Waals surface area (Å²) in [4.78, 5) is 19.6. The number of aliphatic imine (C=N–C) groups is 1. The van der Waals surface area contributed by atoms with Crippen molar-refractivity contribution in [3.63, 3.8) is 0 Å². The average molecular weight is 250 g/mol. The Balaban J connectivity index is 2.17. The summed E-state index contributed by atoms with van der Waals surface area (Å²) in [6, 6.07) is 1.87. The van der Waals surface area contributed by atoms with Gasteiger partial charge in [0.1, 0.15) is 21.6 Å². The van der Waals surface area contributed by atoms with Crippen molar-refractivity contribution in [1.82, 2.24) is 15.0 Å². The summed E-state index contributed by atoms with van der Waals surface area (Å²) in [6.07, 6.45) is 8.88. The standard InChI is InChI=1S/C13H6N4S/c1-2-5-15-11-10(3-1)18-13-12(11)16-9-7-14-6-4-8(9)17-13/h2-7H. The highest BCUT2D eigenvalue weighted by Crippen LogP contribution is 2.37. The Hall–Kier alpha value is -2.36. The third kappa shape index (κ3) is 1.32. The van der Waals surface area contributed by atoms with E-state index in [2.05, 4.69) is 25.7 Å². The lowest BCUT2D eigenvalue weighted by molar-refractivity contribution is 1.31.